The van der Waals surface area contributed by atoms with Gasteiger partial charge in [0.1, 0.15) is 6.04 Å². The maximum Gasteiger partial charge on any atom is 0.324 e. The Balaban J connectivity index is 3.55. The zero-order valence-corrected chi connectivity index (χ0v) is 5.53. The van der Waals surface area contributed by atoms with E-state index in [2.05, 4.69) is 0 Å². The Labute approximate surface area is 59.0 Å². The van der Waals surface area contributed by atoms with Crippen LogP contribution in [0.4, 0.5) is 0 Å². The third-order valence-electron chi connectivity index (χ3n) is 0.924. The summed E-state index contributed by atoms with van der Waals surface area (Å²) in [5.74, 6) is -1.06. The number of carboxylic acid groups (broad SMARTS) is 1. The van der Waals surface area contributed by atoms with Crippen molar-refractivity contribution in [3.05, 3.63) is 12.2 Å². The first-order chi connectivity index (χ1) is 4.68. The van der Waals surface area contributed by atoms with Crippen molar-refractivity contribution in [1.29, 1.82) is 0 Å². The number of aliphatic hydroxyl groups is 1. The van der Waals surface area contributed by atoms with E-state index in [0.717, 1.165) is 0 Å². The van der Waals surface area contributed by atoms with E-state index >= 15 is 0 Å². The molecule has 0 heterocycles. The van der Waals surface area contributed by atoms with Gasteiger partial charge in [0.2, 0.25) is 0 Å². The van der Waals surface area contributed by atoms with E-state index in [9.17, 15) is 4.79 Å². The molecule has 0 fully saturated rings. The van der Waals surface area contributed by atoms with E-state index in [1.54, 1.807) is 6.08 Å². The van der Waals surface area contributed by atoms with E-state index in [4.69, 9.17) is 15.9 Å². The second-order valence-electron chi connectivity index (χ2n) is 1.80. The van der Waals surface area contributed by atoms with Gasteiger partial charge < -0.3 is 15.9 Å². The zero-order chi connectivity index (χ0) is 7.98. The van der Waals surface area contributed by atoms with Gasteiger partial charge in [0, 0.05) is 6.61 Å². The summed E-state index contributed by atoms with van der Waals surface area (Å²) in [7, 11) is 0. The van der Waals surface area contributed by atoms with Crippen molar-refractivity contribution in [2.45, 2.75) is 12.5 Å². The fourth-order valence-electron chi connectivity index (χ4n) is 0.400. The zero-order valence-electron chi connectivity index (χ0n) is 5.53. The highest BCUT2D eigenvalue weighted by Gasteiger charge is 2.04. The van der Waals surface area contributed by atoms with Gasteiger partial charge in [0.15, 0.2) is 0 Å². The summed E-state index contributed by atoms with van der Waals surface area (Å²) in [6.45, 7) is 0.0167. The normalized spacial score (nSPS) is 13.8. The van der Waals surface area contributed by atoms with Crippen molar-refractivity contribution < 1.29 is 15.0 Å². The van der Waals surface area contributed by atoms with Crippen LogP contribution in [0.3, 0.4) is 0 Å². The summed E-state index contributed by atoms with van der Waals surface area (Å²) < 4.78 is 0. The number of nitrogens with two attached hydrogens (primary N) is 1. The molecule has 0 rings (SSSR count). The van der Waals surface area contributed by atoms with Gasteiger partial charge in [0.25, 0.3) is 0 Å². The molecule has 58 valence electrons. The first-order valence-electron chi connectivity index (χ1n) is 2.94. The second kappa shape index (κ2) is 4.96. The van der Waals surface area contributed by atoms with Crippen LogP contribution in [-0.2, 0) is 4.79 Å². The van der Waals surface area contributed by atoms with E-state index in [0.29, 0.717) is 6.42 Å². The Morgan fingerprint density at radius 3 is 2.70 bits per heavy atom. The Hall–Kier alpha value is -0.870. The Morgan fingerprint density at radius 2 is 2.30 bits per heavy atom. The summed E-state index contributed by atoms with van der Waals surface area (Å²) in [4.78, 5) is 10.1. The number of hydrogen-bond acceptors (Lipinski definition) is 3. The van der Waals surface area contributed by atoms with Gasteiger partial charge in [-0.1, -0.05) is 12.2 Å². The van der Waals surface area contributed by atoms with E-state index in [-0.39, 0.29) is 6.61 Å². The Bertz CT molecular complexity index is 133. The van der Waals surface area contributed by atoms with E-state index in [1.807, 2.05) is 0 Å². The number of carbonyl (C=O) groups is 1. The lowest BCUT2D eigenvalue weighted by atomic mass is 10.2. The second-order valence-corrected chi connectivity index (χ2v) is 1.80. The van der Waals surface area contributed by atoms with Gasteiger partial charge in [-0.05, 0) is 6.42 Å². The van der Waals surface area contributed by atoms with Gasteiger partial charge in [-0.3, -0.25) is 4.79 Å². The maximum absolute atomic E-state index is 10.1. The SMILES string of the molecule is NC(/C=C/CCO)C(=O)O. The average molecular weight is 145 g/mol. The lowest BCUT2D eigenvalue weighted by molar-refractivity contribution is -0.137. The van der Waals surface area contributed by atoms with Gasteiger partial charge in [-0.15, -0.1) is 0 Å². The molecule has 0 aromatic heterocycles. The molecule has 4 nitrogen and oxygen atoms in total. The number of aliphatic hydroxyl groups excluding tert-OH is 1. The molecule has 1 unspecified atom stereocenters. The van der Waals surface area contributed by atoms with Crippen LogP contribution in [0.2, 0.25) is 0 Å². The highest BCUT2D eigenvalue weighted by atomic mass is 16.4. The molecule has 0 saturated carbocycles. The molecule has 0 bridgehead atoms. The molecule has 0 saturated heterocycles. The van der Waals surface area contributed by atoms with Gasteiger partial charge >= 0.3 is 5.97 Å². The van der Waals surface area contributed by atoms with Crippen molar-refractivity contribution in [2.24, 2.45) is 5.73 Å². The molecule has 10 heavy (non-hydrogen) atoms. The summed E-state index contributed by atoms with van der Waals surface area (Å²) in [6.07, 6.45) is 3.33. The predicted molar refractivity (Wildman–Crippen MR) is 36.5 cm³/mol. The molecule has 4 N–H and O–H groups in total. The van der Waals surface area contributed by atoms with E-state index in [1.165, 1.54) is 6.08 Å². The van der Waals surface area contributed by atoms with Crippen LogP contribution < -0.4 is 5.73 Å². The molecule has 0 aliphatic heterocycles. The summed E-state index contributed by atoms with van der Waals surface area (Å²) in [5.41, 5.74) is 5.09. The lowest BCUT2D eigenvalue weighted by Crippen LogP contribution is -2.27. The maximum atomic E-state index is 10.1. The quantitative estimate of drug-likeness (QED) is 0.458. The largest absolute Gasteiger partial charge is 0.480 e. The smallest absolute Gasteiger partial charge is 0.324 e. The summed E-state index contributed by atoms with van der Waals surface area (Å²) in [5, 5.41) is 16.5. The van der Waals surface area contributed by atoms with Crippen molar-refractivity contribution in [1.82, 2.24) is 0 Å². The van der Waals surface area contributed by atoms with Crippen molar-refractivity contribution in [2.75, 3.05) is 6.61 Å². The lowest BCUT2D eigenvalue weighted by Gasteiger charge is -1.96. The number of aliphatic carboxylic acids is 1. The molecule has 4 heteroatoms. The van der Waals surface area contributed by atoms with Crippen LogP contribution in [-0.4, -0.2) is 28.8 Å². The molecule has 0 aliphatic rings. The number of carboxylic acids is 1. The minimum Gasteiger partial charge on any atom is -0.480 e. The summed E-state index contributed by atoms with van der Waals surface area (Å²) >= 11 is 0. The first kappa shape index (κ1) is 9.13. The third kappa shape index (κ3) is 4.05. The molecule has 1 atom stereocenters. The van der Waals surface area contributed by atoms with Crippen LogP contribution in [0.15, 0.2) is 12.2 Å². The highest BCUT2D eigenvalue weighted by Crippen LogP contribution is 1.85. The Morgan fingerprint density at radius 1 is 1.70 bits per heavy atom. The Kier molecular flexibility index (Phi) is 4.53. The van der Waals surface area contributed by atoms with E-state index < -0.39 is 12.0 Å². The van der Waals surface area contributed by atoms with Gasteiger partial charge in [-0.2, -0.15) is 0 Å². The van der Waals surface area contributed by atoms with Gasteiger partial charge in [-0.25, -0.2) is 0 Å². The minimum absolute atomic E-state index is 0.0167. The van der Waals surface area contributed by atoms with Crippen LogP contribution in [0, 0.1) is 0 Å². The van der Waals surface area contributed by atoms with Gasteiger partial charge in [0.05, 0.1) is 0 Å². The van der Waals surface area contributed by atoms with Crippen molar-refractivity contribution >= 4 is 5.97 Å². The van der Waals surface area contributed by atoms with Crippen molar-refractivity contribution in [3.63, 3.8) is 0 Å². The fourth-order valence-corrected chi connectivity index (χ4v) is 0.400. The topological polar surface area (TPSA) is 83.5 Å². The number of rotatable bonds is 4. The molecule has 0 amide bonds. The molecule has 0 radical (unpaired) electrons. The molecular formula is C6H11NO3. The summed E-state index contributed by atoms with van der Waals surface area (Å²) in [6, 6.07) is -0.952. The van der Waals surface area contributed by atoms with Crippen LogP contribution in [0.1, 0.15) is 6.42 Å². The molecule has 0 aliphatic carbocycles. The monoisotopic (exact) mass is 145 g/mol. The highest BCUT2D eigenvalue weighted by molar-refractivity contribution is 5.75. The fraction of sp³-hybridized carbons (Fsp3) is 0.500. The third-order valence-corrected chi connectivity index (χ3v) is 0.924. The first-order valence-corrected chi connectivity index (χ1v) is 2.94. The molecule has 0 spiro atoms. The number of hydrogen-bond donors (Lipinski definition) is 3. The van der Waals surface area contributed by atoms with Crippen molar-refractivity contribution in [3.8, 4) is 0 Å². The molecular weight excluding hydrogens is 134 g/mol. The molecule has 0 aromatic carbocycles. The average Bonchev–Trinajstić information content (AvgIpc) is 1.88. The predicted octanol–water partition coefficient (Wildman–Crippen LogP) is -0.663. The van der Waals surface area contributed by atoms with Crippen LogP contribution >= 0.6 is 0 Å². The van der Waals surface area contributed by atoms with Crippen LogP contribution in [0.25, 0.3) is 0 Å². The standard InChI is InChI=1S/C6H11NO3/c7-5(6(9)10)3-1-2-4-8/h1,3,5,8H,2,4,7H2,(H,9,10)/b3-1+. The molecule has 0 aromatic rings. The minimum atomic E-state index is -1.06. The van der Waals surface area contributed by atoms with Crippen LogP contribution in [0.5, 0.6) is 0 Å².